The van der Waals surface area contributed by atoms with Gasteiger partial charge in [-0.15, -0.1) is 0 Å². The zero-order chi connectivity index (χ0) is 17.1. The quantitative estimate of drug-likeness (QED) is 0.729. The van der Waals surface area contributed by atoms with Gasteiger partial charge in [0, 0.05) is 18.5 Å². The summed E-state index contributed by atoms with van der Waals surface area (Å²) >= 11 is 0. The number of pyridine rings is 1. The number of benzene rings is 1. The summed E-state index contributed by atoms with van der Waals surface area (Å²) in [6, 6.07) is 12.0. The van der Waals surface area contributed by atoms with E-state index in [-0.39, 0.29) is 5.56 Å². The Morgan fingerprint density at radius 2 is 1.96 bits per heavy atom. The maximum atomic E-state index is 12.5. The monoisotopic (exact) mass is 320 g/mol. The Labute approximate surface area is 142 Å². The van der Waals surface area contributed by atoms with E-state index in [1.165, 1.54) is 0 Å². The third kappa shape index (κ3) is 3.04. The molecule has 1 N–H and O–H groups in total. The van der Waals surface area contributed by atoms with Crippen LogP contribution in [0.5, 0.6) is 0 Å². The highest BCUT2D eigenvalue weighted by atomic mass is 16.1. The molecule has 0 spiro atoms. The fourth-order valence-corrected chi connectivity index (χ4v) is 2.85. The van der Waals surface area contributed by atoms with Crippen LogP contribution in [0, 0.1) is 6.92 Å². The van der Waals surface area contributed by atoms with Gasteiger partial charge in [0.15, 0.2) is 7.28 Å². The van der Waals surface area contributed by atoms with Gasteiger partial charge in [-0.05, 0) is 24.9 Å². The van der Waals surface area contributed by atoms with Crippen molar-refractivity contribution in [1.29, 1.82) is 0 Å². The predicted molar refractivity (Wildman–Crippen MR) is 101 cm³/mol. The van der Waals surface area contributed by atoms with Gasteiger partial charge >= 0.3 is 0 Å². The normalized spacial score (nSPS) is 10.8. The molecule has 0 radical (unpaired) electrons. The van der Waals surface area contributed by atoms with Crippen molar-refractivity contribution in [2.75, 3.05) is 5.32 Å². The molecule has 0 amide bonds. The van der Waals surface area contributed by atoms with Gasteiger partial charge in [-0.2, -0.15) is 4.98 Å². The minimum atomic E-state index is 0.0413. The maximum absolute atomic E-state index is 12.5. The van der Waals surface area contributed by atoms with E-state index in [0.29, 0.717) is 32.0 Å². The number of anilines is 1. The Morgan fingerprint density at radius 3 is 2.62 bits per heavy atom. The Bertz CT molecular complexity index is 922. The second kappa shape index (κ2) is 6.87. The van der Waals surface area contributed by atoms with Crippen molar-refractivity contribution >= 4 is 29.7 Å². The molecule has 0 aliphatic carbocycles. The van der Waals surface area contributed by atoms with Crippen LogP contribution >= 0.6 is 0 Å². The smallest absolute Gasteiger partial charge is 0.246 e. The number of nitrogens with zero attached hydrogens (tertiary/aromatic N) is 3. The van der Waals surface area contributed by atoms with Gasteiger partial charge in [0.1, 0.15) is 5.65 Å². The van der Waals surface area contributed by atoms with E-state index in [2.05, 4.69) is 27.4 Å². The third-order valence-electron chi connectivity index (χ3n) is 4.20. The highest BCUT2D eigenvalue weighted by Gasteiger charge is 2.12. The lowest BCUT2D eigenvalue weighted by molar-refractivity contribution is 0.752. The maximum Gasteiger partial charge on any atom is 0.246 e. The van der Waals surface area contributed by atoms with E-state index in [0.717, 1.165) is 22.1 Å². The summed E-state index contributed by atoms with van der Waals surface area (Å²) in [6.45, 7) is 7.16. The first-order chi connectivity index (χ1) is 11.6. The molecule has 0 unspecified atom stereocenters. The van der Waals surface area contributed by atoms with Crippen LogP contribution < -0.4 is 16.3 Å². The predicted octanol–water partition coefficient (Wildman–Crippen LogP) is 1.84. The van der Waals surface area contributed by atoms with Crippen LogP contribution in [0.2, 0.25) is 6.82 Å². The summed E-state index contributed by atoms with van der Waals surface area (Å²) in [4.78, 5) is 21.7. The number of hydrogen-bond donors (Lipinski definition) is 1. The summed E-state index contributed by atoms with van der Waals surface area (Å²) in [6.07, 6.45) is 0. The minimum absolute atomic E-state index is 0.0413. The molecule has 0 bridgehead atoms. The summed E-state index contributed by atoms with van der Waals surface area (Å²) in [5.41, 5.74) is 3.59. The van der Waals surface area contributed by atoms with Crippen molar-refractivity contribution in [2.45, 2.75) is 33.8 Å². The number of nitrogens with one attached hydrogen (secondary N) is 1. The molecule has 2 aromatic heterocycles. The minimum Gasteiger partial charge on any atom is -0.350 e. The van der Waals surface area contributed by atoms with E-state index < -0.39 is 0 Å². The fourth-order valence-electron chi connectivity index (χ4n) is 2.85. The highest BCUT2D eigenvalue weighted by Crippen LogP contribution is 2.15. The Morgan fingerprint density at radius 1 is 1.21 bits per heavy atom. The Balaban J connectivity index is 2.04. The van der Waals surface area contributed by atoms with Gasteiger partial charge in [0.2, 0.25) is 11.5 Å². The van der Waals surface area contributed by atoms with E-state index in [1.807, 2.05) is 44.9 Å². The molecule has 0 saturated carbocycles. The van der Waals surface area contributed by atoms with Gasteiger partial charge in [-0.25, -0.2) is 4.98 Å². The molecular weight excluding hydrogens is 299 g/mol. The van der Waals surface area contributed by atoms with E-state index in [9.17, 15) is 4.79 Å². The van der Waals surface area contributed by atoms with Crippen molar-refractivity contribution < 1.29 is 0 Å². The third-order valence-corrected chi connectivity index (χ3v) is 4.20. The first-order valence-electron chi connectivity index (χ1n) is 8.32. The molecular formula is C18H21BN4O. The Kier molecular flexibility index (Phi) is 4.65. The molecule has 6 heteroatoms. The lowest BCUT2D eigenvalue weighted by atomic mass is 9.73. The molecule has 2 heterocycles. The molecule has 122 valence electrons. The first-order valence-corrected chi connectivity index (χ1v) is 8.32. The van der Waals surface area contributed by atoms with Crippen LogP contribution in [0.25, 0.3) is 11.0 Å². The number of rotatable bonds is 5. The van der Waals surface area contributed by atoms with Crippen LogP contribution in [-0.2, 0) is 13.1 Å². The van der Waals surface area contributed by atoms with Crippen LogP contribution in [-0.4, -0.2) is 21.8 Å². The van der Waals surface area contributed by atoms with Gasteiger partial charge in [-0.1, -0.05) is 43.2 Å². The highest BCUT2D eigenvalue weighted by molar-refractivity contribution is 6.52. The number of aryl methyl sites for hydroxylation is 2. The molecule has 3 aromatic rings. The van der Waals surface area contributed by atoms with Gasteiger partial charge < -0.3 is 5.32 Å². The Hall–Kier alpha value is -2.63. The second-order valence-electron chi connectivity index (χ2n) is 5.78. The molecule has 24 heavy (non-hydrogen) atoms. The van der Waals surface area contributed by atoms with Crippen molar-refractivity contribution in [3.8, 4) is 0 Å². The molecule has 0 saturated heterocycles. The molecule has 5 nitrogen and oxygen atoms in total. The SMILES string of the molecule is CBc1cc2c(C)nc(NCc3ccccc3)nc2n(CC)c1=O. The van der Waals surface area contributed by atoms with Crippen LogP contribution in [0.15, 0.2) is 41.2 Å². The molecule has 0 aliphatic rings. The van der Waals surface area contributed by atoms with E-state index >= 15 is 0 Å². The van der Waals surface area contributed by atoms with Crippen LogP contribution in [0.3, 0.4) is 0 Å². The first kappa shape index (κ1) is 16.2. The number of fused-ring (bicyclic) bond motifs is 1. The lowest BCUT2D eigenvalue weighted by Gasteiger charge is -2.13. The number of hydrogen-bond acceptors (Lipinski definition) is 4. The average molecular weight is 320 g/mol. The summed E-state index contributed by atoms with van der Waals surface area (Å²) in [5.74, 6) is 0.551. The van der Waals surface area contributed by atoms with Crippen molar-refractivity contribution in [3.63, 3.8) is 0 Å². The standard InChI is InChI=1S/C18H21BN4O/c1-4-23-16-14(10-15(19-3)17(23)24)12(2)21-18(22-16)20-11-13-8-6-5-7-9-13/h5-10,19H,4,11H2,1-3H3,(H,20,21,22). The topological polar surface area (TPSA) is 59.8 Å². The second-order valence-corrected chi connectivity index (χ2v) is 5.78. The fraction of sp³-hybridized carbons (Fsp3) is 0.278. The van der Waals surface area contributed by atoms with Crippen LogP contribution in [0.1, 0.15) is 18.2 Å². The zero-order valence-electron chi connectivity index (χ0n) is 14.3. The van der Waals surface area contributed by atoms with E-state index in [1.54, 1.807) is 4.57 Å². The average Bonchev–Trinajstić information content (AvgIpc) is 2.60. The van der Waals surface area contributed by atoms with Crippen molar-refractivity contribution in [2.24, 2.45) is 0 Å². The van der Waals surface area contributed by atoms with Crippen LogP contribution in [0.4, 0.5) is 5.95 Å². The van der Waals surface area contributed by atoms with Gasteiger partial charge in [-0.3, -0.25) is 9.36 Å². The molecule has 1 aromatic carbocycles. The largest absolute Gasteiger partial charge is 0.350 e. The summed E-state index contributed by atoms with van der Waals surface area (Å²) < 4.78 is 1.73. The van der Waals surface area contributed by atoms with Gasteiger partial charge in [0.25, 0.3) is 0 Å². The number of aromatic nitrogens is 3. The zero-order valence-corrected chi connectivity index (χ0v) is 14.3. The molecule has 0 aliphatic heterocycles. The van der Waals surface area contributed by atoms with Crippen molar-refractivity contribution in [3.05, 3.63) is 58.0 Å². The van der Waals surface area contributed by atoms with Gasteiger partial charge in [0.05, 0.1) is 5.69 Å². The summed E-state index contributed by atoms with van der Waals surface area (Å²) in [7, 11) is 0.711. The van der Waals surface area contributed by atoms with Crippen molar-refractivity contribution in [1.82, 2.24) is 14.5 Å². The summed E-state index contributed by atoms with van der Waals surface area (Å²) in [5, 5.41) is 4.20. The molecule has 0 atom stereocenters. The molecule has 3 rings (SSSR count). The van der Waals surface area contributed by atoms with E-state index in [4.69, 9.17) is 0 Å². The lowest BCUT2D eigenvalue weighted by Crippen LogP contribution is -2.37. The molecule has 0 fully saturated rings.